The Kier molecular flexibility index (Phi) is 4.04. The molecule has 1 aromatic rings. The molecule has 0 bridgehead atoms. The fourth-order valence-electron chi connectivity index (χ4n) is 2.05. The highest BCUT2D eigenvalue weighted by atomic mass is 19.1. The fraction of sp³-hybridized carbons (Fsp3) is 0.500. The Balaban J connectivity index is 1.89. The van der Waals surface area contributed by atoms with Gasteiger partial charge in [-0.3, -0.25) is 4.79 Å². The van der Waals surface area contributed by atoms with E-state index in [1.54, 1.807) is 7.11 Å². The van der Waals surface area contributed by atoms with Gasteiger partial charge in [0.2, 0.25) is 0 Å². The molecule has 0 heterocycles. The maximum atomic E-state index is 13.3. The van der Waals surface area contributed by atoms with E-state index >= 15 is 0 Å². The van der Waals surface area contributed by atoms with Crippen LogP contribution in [0.2, 0.25) is 0 Å². The zero-order valence-electron chi connectivity index (χ0n) is 11.0. The number of rotatable bonds is 6. The molecule has 1 saturated carbocycles. The molecule has 19 heavy (non-hydrogen) atoms. The molecule has 104 valence electrons. The number of amides is 1. The summed E-state index contributed by atoms with van der Waals surface area (Å²) in [6.45, 7) is 1.31. The quantitative estimate of drug-likeness (QED) is 0.774. The average molecular weight is 266 g/mol. The molecule has 0 spiro atoms. The van der Waals surface area contributed by atoms with E-state index in [4.69, 9.17) is 10.5 Å². The first-order valence-corrected chi connectivity index (χ1v) is 6.38. The molecule has 1 aliphatic carbocycles. The zero-order chi connectivity index (χ0) is 13.9. The van der Waals surface area contributed by atoms with E-state index in [1.165, 1.54) is 18.2 Å². The van der Waals surface area contributed by atoms with E-state index in [2.05, 4.69) is 5.32 Å². The second kappa shape index (κ2) is 5.57. The number of methoxy groups -OCH3 is 1. The van der Waals surface area contributed by atoms with Gasteiger partial charge in [-0.2, -0.15) is 0 Å². The Morgan fingerprint density at radius 2 is 2.26 bits per heavy atom. The number of halogens is 1. The number of benzene rings is 1. The summed E-state index contributed by atoms with van der Waals surface area (Å²) in [5.74, 6) is -0.823. The molecule has 2 rings (SSSR count). The van der Waals surface area contributed by atoms with Crippen molar-refractivity contribution in [2.24, 2.45) is 5.41 Å². The number of nitrogen functional groups attached to an aromatic ring is 1. The van der Waals surface area contributed by atoms with Gasteiger partial charge < -0.3 is 15.8 Å². The number of hydrogen-bond donors (Lipinski definition) is 2. The molecular formula is C14H19FN2O2. The van der Waals surface area contributed by atoms with Crippen LogP contribution in [0.3, 0.4) is 0 Å². The number of carbonyl (C=O) groups is 1. The summed E-state index contributed by atoms with van der Waals surface area (Å²) in [6.07, 6.45) is 3.15. The molecule has 3 N–H and O–H groups in total. The first-order valence-electron chi connectivity index (χ1n) is 6.38. The van der Waals surface area contributed by atoms with Crippen LogP contribution in [0, 0.1) is 11.2 Å². The third kappa shape index (κ3) is 3.44. The number of nitrogens with two attached hydrogens (primary N) is 1. The molecular weight excluding hydrogens is 247 g/mol. The van der Waals surface area contributed by atoms with E-state index in [1.807, 2.05) is 0 Å². The predicted molar refractivity (Wildman–Crippen MR) is 71.3 cm³/mol. The third-order valence-corrected chi connectivity index (χ3v) is 3.68. The SMILES string of the molecule is COCCC1(CNC(=O)c2ccc(N)c(F)c2)CC1. The van der Waals surface area contributed by atoms with Gasteiger partial charge in [0.15, 0.2) is 0 Å². The first kappa shape index (κ1) is 13.8. The summed E-state index contributed by atoms with van der Waals surface area (Å²) < 4.78 is 18.3. The van der Waals surface area contributed by atoms with Crippen molar-refractivity contribution in [2.75, 3.05) is 26.0 Å². The molecule has 1 aliphatic rings. The summed E-state index contributed by atoms with van der Waals surface area (Å²) in [5, 5.41) is 2.86. The second-order valence-electron chi connectivity index (χ2n) is 5.16. The first-order chi connectivity index (χ1) is 9.06. The van der Waals surface area contributed by atoms with Crippen LogP contribution in [0.1, 0.15) is 29.6 Å². The molecule has 1 fully saturated rings. The molecule has 4 nitrogen and oxygen atoms in total. The zero-order valence-corrected chi connectivity index (χ0v) is 11.0. The average Bonchev–Trinajstić information content (AvgIpc) is 3.17. The van der Waals surface area contributed by atoms with E-state index in [0.717, 1.165) is 19.3 Å². The summed E-state index contributed by atoms with van der Waals surface area (Å²) in [5.41, 5.74) is 5.91. The van der Waals surface area contributed by atoms with Gasteiger partial charge in [0.05, 0.1) is 5.69 Å². The highest BCUT2D eigenvalue weighted by molar-refractivity contribution is 5.94. The van der Waals surface area contributed by atoms with Gasteiger partial charge >= 0.3 is 0 Å². The fourth-order valence-corrected chi connectivity index (χ4v) is 2.05. The van der Waals surface area contributed by atoms with Crippen molar-refractivity contribution in [3.05, 3.63) is 29.6 Å². The third-order valence-electron chi connectivity index (χ3n) is 3.68. The Labute approximate surface area is 112 Å². The van der Waals surface area contributed by atoms with Crippen LogP contribution in [0.4, 0.5) is 10.1 Å². The number of nitrogens with one attached hydrogen (secondary N) is 1. The minimum Gasteiger partial charge on any atom is -0.396 e. The van der Waals surface area contributed by atoms with Crippen LogP contribution in [0.25, 0.3) is 0 Å². The monoisotopic (exact) mass is 266 g/mol. The summed E-state index contributed by atoms with van der Waals surface area (Å²) in [4.78, 5) is 11.9. The predicted octanol–water partition coefficient (Wildman–Crippen LogP) is 1.95. The maximum absolute atomic E-state index is 13.3. The van der Waals surface area contributed by atoms with Crippen molar-refractivity contribution >= 4 is 11.6 Å². The van der Waals surface area contributed by atoms with Gasteiger partial charge in [-0.25, -0.2) is 4.39 Å². The highest BCUT2D eigenvalue weighted by Gasteiger charge is 2.42. The lowest BCUT2D eigenvalue weighted by molar-refractivity contribution is 0.0937. The molecule has 0 aliphatic heterocycles. The van der Waals surface area contributed by atoms with E-state index in [-0.39, 0.29) is 17.0 Å². The molecule has 5 heteroatoms. The van der Waals surface area contributed by atoms with Crippen molar-refractivity contribution in [1.82, 2.24) is 5.32 Å². The minimum absolute atomic E-state index is 0.0512. The Bertz CT molecular complexity index is 473. The maximum Gasteiger partial charge on any atom is 0.251 e. The van der Waals surface area contributed by atoms with Crippen molar-refractivity contribution in [2.45, 2.75) is 19.3 Å². The van der Waals surface area contributed by atoms with E-state index in [9.17, 15) is 9.18 Å². The Morgan fingerprint density at radius 3 is 2.84 bits per heavy atom. The molecule has 1 amide bonds. The normalized spacial score (nSPS) is 16.1. The van der Waals surface area contributed by atoms with Crippen molar-refractivity contribution in [3.63, 3.8) is 0 Å². The standard InChI is InChI=1S/C14H19FN2O2/c1-19-7-6-14(4-5-14)9-17-13(18)10-2-3-12(16)11(15)8-10/h2-3,8H,4-7,9,16H2,1H3,(H,17,18). The Hall–Kier alpha value is -1.62. The highest BCUT2D eigenvalue weighted by Crippen LogP contribution is 2.48. The van der Waals surface area contributed by atoms with Crippen molar-refractivity contribution in [1.29, 1.82) is 0 Å². The number of ether oxygens (including phenoxy) is 1. The van der Waals surface area contributed by atoms with Gasteiger partial charge in [0, 0.05) is 25.8 Å². The van der Waals surface area contributed by atoms with Gasteiger partial charge in [0.1, 0.15) is 5.82 Å². The number of carbonyl (C=O) groups excluding carboxylic acids is 1. The number of hydrogen-bond acceptors (Lipinski definition) is 3. The van der Waals surface area contributed by atoms with Gasteiger partial charge in [-0.05, 0) is 42.9 Å². The summed E-state index contributed by atoms with van der Waals surface area (Å²) >= 11 is 0. The van der Waals surface area contributed by atoms with Crippen molar-refractivity contribution in [3.8, 4) is 0 Å². The van der Waals surface area contributed by atoms with Gasteiger partial charge in [-0.15, -0.1) is 0 Å². The topological polar surface area (TPSA) is 64.3 Å². The van der Waals surface area contributed by atoms with Crippen LogP contribution in [-0.2, 0) is 4.74 Å². The molecule has 0 saturated heterocycles. The van der Waals surface area contributed by atoms with E-state index in [0.29, 0.717) is 18.7 Å². The van der Waals surface area contributed by atoms with Crippen LogP contribution in [-0.4, -0.2) is 26.2 Å². The van der Waals surface area contributed by atoms with Gasteiger partial charge in [0.25, 0.3) is 5.91 Å². The lowest BCUT2D eigenvalue weighted by atomic mass is 10.0. The van der Waals surface area contributed by atoms with Crippen LogP contribution in [0.5, 0.6) is 0 Å². The molecule has 0 radical (unpaired) electrons. The largest absolute Gasteiger partial charge is 0.396 e. The molecule has 1 aromatic carbocycles. The summed E-state index contributed by atoms with van der Waals surface area (Å²) in [7, 11) is 1.67. The lowest BCUT2D eigenvalue weighted by Crippen LogP contribution is -2.30. The second-order valence-corrected chi connectivity index (χ2v) is 5.16. The Morgan fingerprint density at radius 1 is 1.53 bits per heavy atom. The van der Waals surface area contributed by atoms with Crippen molar-refractivity contribution < 1.29 is 13.9 Å². The van der Waals surface area contributed by atoms with Gasteiger partial charge in [-0.1, -0.05) is 0 Å². The number of anilines is 1. The minimum atomic E-state index is -0.562. The van der Waals surface area contributed by atoms with E-state index < -0.39 is 5.82 Å². The molecule has 0 atom stereocenters. The van der Waals surface area contributed by atoms with Crippen LogP contribution in [0.15, 0.2) is 18.2 Å². The summed E-state index contributed by atoms with van der Waals surface area (Å²) in [6, 6.07) is 4.10. The molecule has 0 unspecified atom stereocenters. The van der Waals surface area contributed by atoms with Crippen LogP contribution < -0.4 is 11.1 Å². The van der Waals surface area contributed by atoms with Crippen LogP contribution >= 0.6 is 0 Å². The smallest absolute Gasteiger partial charge is 0.251 e. The molecule has 0 aromatic heterocycles. The lowest BCUT2D eigenvalue weighted by Gasteiger charge is -2.15.